The van der Waals surface area contributed by atoms with E-state index in [1.54, 1.807) is 37.3 Å². The summed E-state index contributed by atoms with van der Waals surface area (Å²) in [5.41, 5.74) is 3.50. The number of aliphatic hydroxyl groups excluding tert-OH is 4. The Morgan fingerprint density at radius 3 is 2.32 bits per heavy atom. The van der Waals surface area contributed by atoms with Gasteiger partial charge in [-0.05, 0) is 53.9 Å². The average molecular weight is 571 g/mol. The van der Waals surface area contributed by atoms with Crippen molar-refractivity contribution in [3.63, 3.8) is 0 Å². The molecule has 0 spiro atoms. The summed E-state index contributed by atoms with van der Waals surface area (Å²) in [6, 6.07) is 14.4. The van der Waals surface area contributed by atoms with Crippen LogP contribution in [0.4, 0.5) is 10.5 Å². The summed E-state index contributed by atoms with van der Waals surface area (Å²) in [5, 5.41) is 65.3. The van der Waals surface area contributed by atoms with Crippen LogP contribution in [0.15, 0.2) is 54.6 Å². The van der Waals surface area contributed by atoms with Crippen LogP contribution in [-0.2, 0) is 17.7 Å². The minimum absolute atomic E-state index is 0.0101. The number of aryl methyl sites for hydroxylation is 1. The van der Waals surface area contributed by atoms with Crippen molar-refractivity contribution in [1.29, 1.82) is 0 Å². The number of phenolic OH excluding ortho intramolecular Hbond substituents is 2. The highest BCUT2D eigenvalue weighted by Gasteiger charge is 2.45. The number of hydrogen-bond acceptors (Lipinski definition) is 10. The maximum atomic E-state index is 12.4. The number of phenols is 2. The molecule has 220 valence electrons. The highest BCUT2D eigenvalue weighted by atomic mass is 16.7. The van der Waals surface area contributed by atoms with Gasteiger partial charge in [-0.25, -0.2) is 4.79 Å². The van der Waals surface area contributed by atoms with Crippen molar-refractivity contribution in [2.75, 3.05) is 19.0 Å². The van der Waals surface area contributed by atoms with Crippen LogP contribution < -0.4 is 20.1 Å². The van der Waals surface area contributed by atoms with E-state index in [1.807, 2.05) is 12.1 Å². The molecule has 1 aliphatic rings. The molecular weight excluding hydrogens is 536 g/mol. The molecule has 8 N–H and O–H groups in total. The Labute approximate surface area is 236 Å². The first-order valence-corrected chi connectivity index (χ1v) is 12.9. The number of rotatable bonds is 9. The highest BCUT2D eigenvalue weighted by Crippen LogP contribution is 2.33. The van der Waals surface area contributed by atoms with Gasteiger partial charge in [-0.15, -0.1) is 0 Å². The van der Waals surface area contributed by atoms with Gasteiger partial charge in [0.25, 0.3) is 0 Å². The minimum atomic E-state index is -1.60. The summed E-state index contributed by atoms with van der Waals surface area (Å²) in [7, 11) is 1.44. The van der Waals surface area contributed by atoms with Gasteiger partial charge in [-0.3, -0.25) is 0 Å². The lowest BCUT2D eigenvalue weighted by Crippen LogP contribution is -2.60. The SMILES string of the molecule is COc1cc(CNC(=O)Nc2ccc(Cc3c(C)cc(O)cc3O[C@@H]3O[C@H](CO)[C@@H](O)[C@H](O)[C@H]3O)cc2)ccc1O. The molecule has 0 radical (unpaired) electrons. The van der Waals surface area contributed by atoms with E-state index >= 15 is 0 Å². The van der Waals surface area contributed by atoms with Crippen LogP contribution >= 0.6 is 0 Å². The Bertz CT molecular complexity index is 1350. The summed E-state index contributed by atoms with van der Waals surface area (Å²) < 4.78 is 16.4. The van der Waals surface area contributed by atoms with E-state index in [0.29, 0.717) is 29.0 Å². The number of carbonyl (C=O) groups is 1. The second-order valence-corrected chi connectivity index (χ2v) is 9.74. The third-order valence-electron chi connectivity index (χ3n) is 6.80. The highest BCUT2D eigenvalue weighted by molar-refractivity contribution is 5.89. The van der Waals surface area contributed by atoms with Gasteiger partial charge in [0.1, 0.15) is 35.9 Å². The van der Waals surface area contributed by atoms with Crippen molar-refractivity contribution < 1.29 is 49.6 Å². The normalized spacial score (nSPS) is 22.1. The molecule has 0 unspecified atom stereocenters. The predicted octanol–water partition coefficient (Wildman–Crippen LogP) is 1.51. The third-order valence-corrected chi connectivity index (χ3v) is 6.80. The Morgan fingerprint density at radius 1 is 0.927 bits per heavy atom. The maximum Gasteiger partial charge on any atom is 0.319 e. The molecule has 41 heavy (non-hydrogen) atoms. The molecule has 12 nitrogen and oxygen atoms in total. The van der Waals surface area contributed by atoms with Gasteiger partial charge in [0.15, 0.2) is 11.5 Å². The van der Waals surface area contributed by atoms with Crippen molar-refractivity contribution in [3.8, 4) is 23.0 Å². The molecule has 1 fully saturated rings. The molecule has 3 aromatic carbocycles. The average Bonchev–Trinajstić information content (AvgIpc) is 2.95. The first-order valence-electron chi connectivity index (χ1n) is 12.9. The minimum Gasteiger partial charge on any atom is -0.508 e. The zero-order valence-corrected chi connectivity index (χ0v) is 22.5. The number of ether oxygens (including phenoxy) is 3. The van der Waals surface area contributed by atoms with Gasteiger partial charge in [0, 0.05) is 30.3 Å². The lowest BCUT2D eigenvalue weighted by atomic mass is 9.98. The number of methoxy groups -OCH3 is 1. The number of nitrogens with one attached hydrogen (secondary N) is 2. The molecule has 1 aliphatic heterocycles. The van der Waals surface area contributed by atoms with Crippen molar-refractivity contribution in [2.45, 2.75) is 50.6 Å². The van der Waals surface area contributed by atoms with Crippen LogP contribution in [0, 0.1) is 6.92 Å². The summed E-state index contributed by atoms with van der Waals surface area (Å²) in [6.07, 6.45) is -6.91. The van der Waals surface area contributed by atoms with Crippen molar-refractivity contribution in [2.24, 2.45) is 0 Å². The Hall–Kier alpha value is -4.07. The third kappa shape index (κ3) is 7.17. The molecule has 1 heterocycles. The van der Waals surface area contributed by atoms with Crippen LogP contribution in [0.25, 0.3) is 0 Å². The second-order valence-electron chi connectivity index (χ2n) is 9.74. The number of hydrogen-bond donors (Lipinski definition) is 8. The first kappa shape index (κ1) is 29.9. The number of aliphatic hydroxyl groups is 4. The van der Waals surface area contributed by atoms with E-state index in [9.17, 15) is 35.4 Å². The predicted molar refractivity (Wildman–Crippen MR) is 147 cm³/mol. The van der Waals surface area contributed by atoms with Crippen LogP contribution in [0.1, 0.15) is 22.3 Å². The molecule has 0 saturated carbocycles. The van der Waals surface area contributed by atoms with E-state index in [0.717, 1.165) is 11.1 Å². The number of urea groups is 1. The van der Waals surface area contributed by atoms with Gasteiger partial charge in [-0.1, -0.05) is 18.2 Å². The number of anilines is 1. The van der Waals surface area contributed by atoms with Crippen LogP contribution in [0.2, 0.25) is 0 Å². The Kier molecular flexibility index (Phi) is 9.53. The van der Waals surface area contributed by atoms with E-state index in [4.69, 9.17) is 14.2 Å². The smallest absolute Gasteiger partial charge is 0.319 e. The second kappa shape index (κ2) is 13.1. The van der Waals surface area contributed by atoms with Gasteiger partial charge in [0.2, 0.25) is 6.29 Å². The maximum absolute atomic E-state index is 12.4. The molecule has 3 aromatic rings. The summed E-state index contributed by atoms with van der Waals surface area (Å²) in [4.78, 5) is 12.4. The zero-order chi connectivity index (χ0) is 29.7. The van der Waals surface area contributed by atoms with Crippen molar-refractivity contribution in [3.05, 3.63) is 76.9 Å². The molecule has 5 atom stereocenters. The van der Waals surface area contributed by atoms with Gasteiger partial charge >= 0.3 is 6.03 Å². The van der Waals surface area contributed by atoms with E-state index in [2.05, 4.69) is 10.6 Å². The molecule has 1 saturated heterocycles. The van der Waals surface area contributed by atoms with Crippen molar-refractivity contribution >= 4 is 11.7 Å². The fourth-order valence-electron chi connectivity index (χ4n) is 4.49. The molecular formula is C29H34N2O10. The quantitative estimate of drug-likeness (QED) is 0.187. The lowest BCUT2D eigenvalue weighted by molar-refractivity contribution is -0.277. The van der Waals surface area contributed by atoms with Gasteiger partial charge < -0.3 is 55.5 Å². The van der Waals surface area contributed by atoms with Crippen LogP contribution in [0.5, 0.6) is 23.0 Å². The Balaban J connectivity index is 1.41. The number of amides is 2. The van der Waals surface area contributed by atoms with E-state index < -0.39 is 43.3 Å². The topological polar surface area (TPSA) is 190 Å². The molecule has 12 heteroatoms. The molecule has 0 aliphatic carbocycles. The van der Waals surface area contributed by atoms with Crippen LogP contribution in [-0.4, -0.2) is 81.1 Å². The first-order chi connectivity index (χ1) is 19.6. The molecule has 0 aromatic heterocycles. The number of benzene rings is 3. The number of aromatic hydroxyl groups is 2. The standard InChI is InChI=1S/C29H34N2O10/c1-15-9-19(33)12-22(40-28-27(37)26(36)25(35)24(14-32)41-28)20(15)10-16-3-6-18(7-4-16)31-29(38)30-13-17-5-8-21(34)23(11-17)39-2/h3-9,11-12,24-28,32-37H,10,13-14H2,1-2H3,(H2,30,31,38)/t24-,25-,26+,27-,28-/m1/s1. The largest absolute Gasteiger partial charge is 0.508 e. The van der Waals surface area contributed by atoms with Crippen molar-refractivity contribution in [1.82, 2.24) is 5.32 Å². The summed E-state index contributed by atoms with van der Waals surface area (Å²) in [5.74, 6) is 0.434. The van der Waals surface area contributed by atoms with E-state index in [-0.39, 0.29) is 23.8 Å². The molecule has 4 rings (SSSR count). The number of carbonyl (C=O) groups excluding carboxylic acids is 1. The Morgan fingerprint density at radius 2 is 1.63 bits per heavy atom. The van der Waals surface area contributed by atoms with Crippen LogP contribution in [0.3, 0.4) is 0 Å². The van der Waals surface area contributed by atoms with Gasteiger partial charge in [0.05, 0.1) is 13.7 Å². The molecule has 0 bridgehead atoms. The summed E-state index contributed by atoms with van der Waals surface area (Å²) >= 11 is 0. The zero-order valence-electron chi connectivity index (χ0n) is 22.5. The van der Waals surface area contributed by atoms with E-state index in [1.165, 1.54) is 19.2 Å². The monoisotopic (exact) mass is 570 g/mol. The lowest BCUT2D eigenvalue weighted by Gasteiger charge is -2.39. The summed E-state index contributed by atoms with van der Waals surface area (Å²) in [6.45, 7) is 1.40. The molecule has 2 amide bonds. The fraction of sp³-hybridized carbons (Fsp3) is 0.345. The fourth-order valence-corrected chi connectivity index (χ4v) is 4.49. The van der Waals surface area contributed by atoms with Gasteiger partial charge in [-0.2, -0.15) is 0 Å².